The molecule has 0 amide bonds. The summed E-state index contributed by atoms with van der Waals surface area (Å²) >= 11 is 1.54. The highest BCUT2D eigenvalue weighted by atomic mass is 32.1. The summed E-state index contributed by atoms with van der Waals surface area (Å²) < 4.78 is 27.7. The van der Waals surface area contributed by atoms with E-state index in [1.165, 1.54) is 18.2 Å². The third-order valence-corrected chi connectivity index (χ3v) is 4.64. The fourth-order valence-electron chi connectivity index (χ4n) is 2.37. The van der Waals surface area contributed by atoms with E-state index < -0.39 is 0 Å². The molecule has 3 rings (SSSR count). The van der Waals surface area contributed by atoms with Gasteiger partial charge in [0.2, 0.25) is 0 Å². The summed E-state index contributed by atoms with van der Waals surface area (Å²) in [6, 6.07) is 11.3. The number of benzene rings is 2. The van der Waals surface area contributed by atoms with Gasteiger partial charge >= 0.3 is 0 Å². The van der Waals surface area contributed by atoms with Gasteiger partial charge in [0.25, 0.3) is 0 Å². The van der Waals surface area contributed by atoms with Gasteiger partial charge < -0.3 is 0 Å². The van der Waals surface area contributed by atoms with Crippen molar-refractivity contribution in [3.63, 3.8) is 0 Å². The number of nitrogens with one attached hydrogen (secondary N) is 1. The maximum atomic E-state index is 13.4. The number of hydrazine groups is 1. The molecule has 0 aliphatic rings. The van der Waals surface area contributed by atoms with Crippen molar-refractivity contribution in [3.8, 4) is 0 Å². The van der Waals surface area contributed by atoms with Gasteiger partial charge in [0.1, 0.15) is 11.6 Å². The number of fused-ring (bicyclic) bond motifs is 1. The first-order valence-electron chi connectivity index (χ1n) is 6.49. The van der Waals surface area contributed by atoms with E-state index in [4.69, 9.17) is 5.84 Å². The predicted octanol–water partition coefficient (Wildman–Crippen LogP) is 4.04. The Kier molecular flexibility index (Phi) is 3.71. The standard InChI is InChI=1S/C16H14F2N2S/c1-9-6-10(2-4-13(9)18)16(20-19)15-8-11-7-12(17)3-5-14(11)21-15/h2-8,16,20H,19H2,1H3. The Morgan fingerprint density at radius 3 is 2.62 bits per heavy atom. The molecule has 108 valence electrons. The monoisotopic (exact) mass is 304 g/mol. The molecule has 3 N–H and O–H groups in total. The van der Waals surface area contributed by atoms with Crippen molar-refractivity contribution in [2.24, 2.45) is 5.84 Å². The van der Waals surface area contributed by atoms with Crippen molar-refractivity contribution in [1.29, 1.82) is 0 Å². The smallest absolute Gasteiger partial charge is 0.126 e. The van der Waals surface area contributed by atoms with Gasteiger partial charge in [-0.2, -0.15) is 0 Å². The lowest BCUT2D eigenvalue weighted by molar-refractivity contribution is 0.610. The van der Waals surface area contributed by atoms with Crippen LogP contribution in [0.5, 0.6) is 0 Å². The van der Waals surface area contributed by atoms with E-state index in [0.29, 0.717) is 5.56 Å². The Balaban J connectivity index is 2.06. The van der Waals surface area contributed by atoms with Crippen LogP contribution in [0.1, 0.15) is 22.0 Å². The molecule has 0 aliphatic heterocycles. The molecule has 1 atom stereocenters. The van der Waals surface area contributed by atoms with Crippen molar-refractivity contribution in [1.82, 2.24) is 5.43 Å². The summed E-state index contributed by atoms with van der Waals surface area (Å²) in [5.41, 5.74) is 4.20. The largest absolute Gasteiger partial charge is 0.271 e. The van der Waals surface area contributed by atoms with Crippen LogP contribution in [-0.2, 0) is 0 Å². The van der Waals surface area contributed by atoms with Crippen molar-refractivity contribution >= 4 is 21.4 Å². The van der Waals surface area contributed by atoms with Crippen LogP contribution in [0.15, 0.2) is 42.5 Å². The molecule has 2 nitrogen and oxygen atoms in total. The van der Waals surface area contributed by atoms with E-state index in [0.717, 1.165) is 20.5 Å². The van der Waals surface area contributed by atoms with Crippen molar-refractivity contribution in [2.45, 2.75) is 13.0 Å². The van der Waals surface area contributed by atoms with Gasteiger partial charge in [-0.15, -0.1) is 11.3 Å². The van der Waals surface area contributed by atoms with Crippen molar-refractivity contribution in [3.05, 3.63) is 70.1 Å². The molecular formula is C16H14F2N2S. The molecule has 1 unspecified atom stereocenters. The molecular weight excluding hydrogens is 290 g/mol. The van der Waals surface area contributed by atoms with Crippen LogP contribution in [0.4, 0.5) is 8.78 Å². The van der Waals surface area contributed by atoms with E-state index in [1.54, 1.807) is 36.5 Å². The maximum Gasteiger partial charge on any atom is 0.126 e. The molecule has 0 saturated carbocycles. The molecule has 1 heterocycles. The molecule has 1 aromatic heterocycles. The van der Waals surface area contributed by atoms with Gasteiger partial charge in [0.15, 0.2) is 0 Å². The molecule has 5 heteroatoms. The molecule has 0 bridgehead atoms. The average molecular weight is 304 g/mol. The zero-order valence-corrected chi connectivity index (χ0v) is 12.2. The number of hydrogen-bond acceptors (Lipinski definition) is 3. The molecule has 0 fully saturated rings. The predicted molar refractivity (Wildman–Crippen MR) is 82.1 cm³/mol. The summed E-state index contributed by atoms with van der Waals surface area (Å²) in [5.74, 6) is 5.16. The SMILES string of the molecule is Cc1cc(C(NN)c2cc3cc(F)ccc3s2)ccc1F. The van der Waals surface area contributed by atoms with Crippen LogP contribution < -0.4 is 11.3 Å². The fourth-order valence-corrected chi connectivity index (χ4v) is 3.50. The minimum Gasteiger partial charge on any atom is -0.271 e. The van der Waals surface area contributed by atoms with E-state index in [2.05, 4.69) is 5.43 Å². The maximum absolute atomic E-state index is 13.4. The first-order valence-corrected chi connectivity index (χ1v) is 7.31. The third-order valence-electron chi connectivity index (χ3n) is 3.46. The van der Waals surface area contributed by atoms with E-state index in [1.807, 2.05) is 6.07 Å². The molecule has 2 aromatic carbocycles. The first kappa shape index (κ1) is 14.1. The lowest BCUT2D eigenvalue weighted by Crippen LogP contribution is -2.28. The quantitative estimate of drug-likeness (QED) is 0.566. The minimum atomic E-state index is -0.262. The highest BCUT2D eigenvalue weighted by Crippen LogP contribution is 2.33. The molecule has 0 spiro atoms. The summed E-state index contributed by atoms with van der Waals surface area (Å²) in [5, 5.41) is 0.842. The van der Waals surface area contributed by atoms with Crippen LogP contribution in [0, 0.1) is 18.6 Å². The van der Waals surface area contributed by atoms with E-state index in [-0.39, 0.29) is 17.7 Å². The van der Waals surface area contributed by atoms with Gasteiger partial charge in [-0.3, -0.25) is 5.84 Å². The van der Waals surface area contributed by atoms with E-state index in [9.17, 15) is 8.78 Å². The normalized spacial score (nSPS) is 12.8. The summed E-state index contributed by atoms with van der Waals surface area (Å²) in [7, 11) is 0. The van der Waals surface area contributed by atoms with Crippen LogP contribution in [0.3, 0.4) is 0 Å². The zero-order chi connectivity index (χ0) is 15.0. The van der Waals surface area contributed by atoms with Gasteiger partial charge in [0, 0.05) is 9.58 Å². The number of aryl methyl sites for hydroxylation is 1. The molecule has 21 heavy (non-hydrogen) atoms. The number of nitrogens with two attached hydrogens (primary N) is 1. The Bertz CT molecular complexity index is 798. The number of hydrogen-bond donors (Lipinski definition) is 2. The van der Waals surface area contributed by atoms with E-state index >= 15 is 0 Å². The van der Waals surface area contributed by atoms with Gasteiger partial charge in [-0.25, -0.2) is 14.2 Å². The Hall–Kier alpha value is -1.82. The van der Waals surface area contributed by atoms with Crippen LogP contribution in [-0.4, -0.2) is 0 Å². The average Bonchev–Trinajstić information content (AvgIpc) is 2.86. The van der Waals surface area contributed by atoms with Crippen LogP contribution in [0.2, 0.25) is 0 Å². The molecule has 0 aliphatic carbocycles. The molecule has 0 radical (unpaired) electrons. The highest BCUT2D eigenvalue weighted by molar-refractivity contribution is 7.19. The van der Waals surface area contributed by atoms with Crippen LogP contribution >= 0.6 is 11.3 Å². The Morgan fingerprint density at radius 1 is 1.10 bits per heavy atom. The summed E-state index contributed by atoms with van der Waals surface area (Å²) in [4.78, 5) is 0.962. The molecule has 3 aromatic rings. The lowest BCUT2D eigenvalue weighted by atomic mass is 10.0. The summed E-state index contributed by atoms with van der Waals surface area (Å²) in [6.45, 7) is 1.71. The van der Waals surface area contributed by atoms with Crippen molar-refractivity contribution < 1.29 is 8.78 Å². The fraction of sp³-hybridized carbons (Fsp3) is 0.125. The minimum absolute atomic E-state index is 0.243. The number of rotatable bonds is 3. The Morgan fingerprint density at radius 2 is 1.90 bits per heavy atom. The van der Waals surface area contributed by atoms with Crippen molar-refractivity contribution in [2.75, 3.05) is 0 Å². The zero-order valence-electron chi connectivity index (χ0n) is 11.4. The Labute approximate surface area is 125 Å². The second-order valence-electron chi connectivity index (χ2n) is 4.94. The second kappa shape index (κ2) is 5.52. The number of halogens is 2. The highest BCUT2D eigenvalue weighted by Gasteiger charge is 2.16. The second-order valence-corrected chi connectivity index (χ2v) is 6.05. The van der Waals surface area contributed by atoms with Gasteiger partial charge in [-0.1, -0.05) is 12.1 Å². The van der Waals surface area contributed by atoms with Gasteiger partial charge in [0.05, 0.1) is 6.04 Å². The van der Waals surface area contributed by atoms with Gasteiger partial charge in [-0.05, 0) is 53.8 Å². The lowest BCUT2D eigenvalue weighted by Gasteiger charge is -2.15. The molecule has 0 saturated heterocycles. The topological polar surface area (TPSA) is 38.0 Å². The summed E-state index contributed by atoms with van der Waals surface area (Å²) in [6.07, 6.45) is 0. The first-order chi connectivity index (χ1) is 10.1. The number of thiophene rings is 1. The third kappa shape index (κ3) is 2.68. The van der Waals surface area contributed by atoms with Crippen LogP contribution in [0.25, 0.3) is 10.1 Å².